The number of hydrogen-bond donors (Lipinski definition) is 1. The summed E-state index contributed by atoms with van der Waals surface area (Å²) in [5, 5.41) is 13.9. The lowest BCUT2D eigenvalue weighted by Crippen LogP contribution is -2.05. The van der Waals surface area contributed by atoms with Crippen molar-refractivity contribution in [3.63, 3.8) is 0 Å². The normalized spacial score (nSPS) is 10.4. The second-order valence-corrected chi connectivity index (χ2v) is 4.30. The Morgan fingerprint density at radius 3 is 2.55 bits per heavy atom. The Labute approximate surface area is 114 Å². The predicted molar refractivity (Wildman–Crippen MR) is 73.1 cm³/mol. The predicted octanol–water partition coefficient (Wildman–Crippen LogP) is 2.85. The van der Waals surface area contributed by atoms with E-state index in [9.17, 15) is 14.5 Å². The molecule has 0 spiro atoms. The van der Waals surface area contributed by atoms with Gasteiger partial charge in [-0.15, -0.1) is 0 Å². The van der Waals surface area contributed by atoms with Crippen LogP contribution in [0.2, 0.25) is 0 Å². The molecule has 1 N–H and O–H groups in total. The Hall–Kier alpha value is -2.57. The first-order valence-electron chi connectivity index (χ1n) is 5.91. The summed E-state index contributed by atoms with van der Waals surface area (Å²) in [5.41, 5.74) is 0.932. The van der Waals surface area contributed by atoms with Crippen molar-refractivity contribution in [3.05, 3.63) is 45.4 Å². The fourth-order valence-electron chi connectivity index (χ4n) is 1.84. The van der Waals surface area contributed by atoms with Crippen LogP contribution in [-0.2, 0) is 0 Å². The molecule has 0 aliphatic rings. The van der Waals surface area contributed by atoms with E-state index in [1.54, 1.807) is 26.1 Å². The third kappa shape index (κ3) is 2.42. The minimum atomic E-state index is -0.554. The van der Waals surface area contributed by atoms with E-state index in [1.165, 1.54) is 13.0 Å². The molecule has 1 aromatic heterocycles. The molecule has 2 aromatic rings. The molecule has 1 heterocycles. The van der Waals surface area contributed by atoms with Crippen LogP contribution in [0.25, 0.3) is 11.3 Å². The van der Waals surface area contributed by atoms with Crippen molar-refractivity contribution in [2.75, 3.05) is 12.4 Å². The Morgan fingerprint density at radius 2 is 2.00 bits per heavy atom. The standard InChI is InChI=1S/C13H13FN4O2/c1-7-4-5-9(6-10(7)14)11-12(18(19)20)8(2)16-13(15-3)17-11/h4-6H,1-3H3,(H,15,16,17). The van der Waals surface area contributed by atoms with Gasteiger partial charge < -0.3 is 5.32 Å². The van der Waals surface area contributed by atoms with Crippen molar-refractivity contribution in [1.29, 1.82) is 0 Å². The van der Waals surface area contributed by atoms with Crippen LogP contribution in [0.3, 0.4) is 0 Å². The van der Waals surface area contributed by atoms with Crippen LogP contribution in [0.4, 0.5) is 16.0 Å². The molecule has 6 nitrogen and oxygen atoms in total. The molecular formula is C13H13FN4O2. The average Bonchev–Trinajstić information content (AvgIpc) is 2.40. The Morgan fingerprint density at radius 1 is 1.30 bits per heavy atom. The van der Waals surface area contributed by atoms with Crippen molar-refractivity contribution in [1.82, 2.24) is 9.97 Å². The molecule has 0 unspecified atom stereocenters. The number of nitro groups is 1. The van der Waals surface area contributed by atoms with Gasteiger partial charge in [-0.2, -0.15) is 0 Å². The molecule has 0 atom stereocenters. The van der Waals surface area contributed by atoms with E-state index < -0.39 is 10.7 Å². The maximum Gasteiger partial charge on any atom is 0.316 e. The monoisotopic (exact) mass is 276 g/mol. The molecule has 0 aliphatic carbocycles. The second kappa shape index (κ2) is 5.20. The highest BCUT2D eigenvalue weighted by Gasteiger charge is 2.23. The summed E-state index contributed by atoms with van der Waals surface area (Å²) in [6, 6.07) is 4.40. The zero-order valence-corrected chi connectivity index (χ0v) is 11.3. The summed E-state index contributed by atoms with van der Waals surface area (Å²) < 4.78 is 13.7. The molecule has 7 heteroatoms. The number of aromatic nitrogens is 2. The van der Waals surface area contributed by atoms with Crippen LogP contribution < -0.4 is 5.32 Å². The molecule has 2 rings (SSSR count). The smallest absolute Gasteiger partial charge is 0.316 e. The van der Waals surface area contributed by atoms with Gasteiger partial charge in [-0.1, -0.05) is 12.1 Å². The molecule has 0 saturated carbocycles. The summed E-state index contributed by atoms with van der Waals surface area (Å²) in [6.07, 6.45) is 0. The lowest BCUT2D eigenvalue weighted by molar-refractivity contribution is -0.385. The number of rotatable bonds is 3. The number of benzene rings is 1. The summed E-state index contributed by atoms with van der Waals surface area (Å²) >= 11 is 0. The van der Waals surface area contributed by atoms with Gasteiger partial charge in [-0.25, -0.2) is 14.4 Å². The van der Waals surface area contributed by atoms with Gasteiger partial charge in [0.15, 0.2) is 5.69 Å². The van der Waals surface area contributed by atoms with Crippen LogP contribution >= 0.6 is 0 Å². The molecule has 0 saturated heterocycles. The van der Waals surface area contributed by atoms with Crippen molar-refractivity contribution in [3.8, 4) is 11.3 Å². The summed E-state index contributed by atoms with van der Waals surface area (Å²) in [4.78, 5) is 18.7. The molecule has 0 aliphatic heterocycles. The first kappa shape index (κ1) is 13.9. The molecule has 0 radical (unpaired) electrons. The SMILES string of the molecule is CNc1nc(C)c([N+](=O)[O-])c(-c2ccc(C)c(F)c2)n1. The van der Waals surface area contributed by atoms with Crippen LogP contribution in [-0.4, -0.2) is 21.9 Å². The number of hydrogen-bond acceptors (Lipinski definition) is 5. The van der Waals surface area contributed by atoms with Gasteiger partial charge in [0.25, 0.3) is 0 Å². The number of aryl methyl sites for hydroxylation is 2. The van der Waals surface area contributed by atoms with E-state index in [-0.39, 0.29) is 23.0 Å². The zero-order valence-electron chi connectivity index (χ0n) is 11.3. The number of nitrogens with zero attached hydrogens (tertiary/aromatic N) is 3. The van der Waals surface area contributed by atoms with Crippen LogP contribution in [0.15, 0.2) is 18.2 Å². The van der Waals surface area contributed by atoms with Gasteiger partial charge in [0, 0.05) is 12.6 Å². The molecule has 0 fully saturated rings. The number of halogens is 1. The van der Waals surface area contributed by atoms with E-state index in [2.05, 4.69) is 15.3 Å². The summed E-state index contributed by atoms with van der Waals surface area (Å²) in [6.45, 7) is 3.15. The number of anilines is 1. The van der Waals surface area contributed by atoms with Crippen LogP contribution in [0, 0.1) is 29.8 Å². The highest BCUT2D eigenvalue weighted by Crippen LogP contribution is 2.31. The molecule has 1 aromatic carbocycles. The van der Waals surface area contributed by atoms with E-state index >= 15 is 0 Å². The Balaban J connectivity index is 2.73. The van der Waals surface area contributed by atoms with Crippen LogP contribution in [0.1, 0.15) is 11.3 Å². The quantitative estimate of drug-likeness (QED) is 0.688. The third-order valence-electron chi connectivity index (χ3n) is 2.91. The fraction of sp³-hybridized carbons (Fsp3) is 0.231. The summed E-state index contributed by atoms with van der Waals surface area (Å²) in [5.74, 6) is -0.178. The van der Waals surface area contributed by atoms with Crippen LogP contribution in [0.5, 0.6) is 0 Å². The minimum absolute atomic E-state index is 0.103. The maximum atomic E-state index is 13.7. The van der Waals surface area contributed by atoms with Gasteiger partial charge in [-0.05, 0) is 25.5 Å². The van der Waals surface area contributed by atoms with Gasteiger partial charge in [-0.3, -0.25) is 10.1 Å². The topological polar surface area (TPSA) is 81.0 Å². The largest absolute Gasteiger partial charge is 0.357 e. The third-order valence-corrected chi connectivity index (χ3v) is 2.91. The number of nitrogens with one attached hydrogen (secondary N) is 1. The lowest BCUT2D eigenvalue weighted by Gasteiger charge is -2.08. The minimum Gasteiger partial charge on any atom is -0.357 e. The first-order valence-corrected chi connectivity index (χ1v) is 5.91. The first-order chi connectivity index (χ1) is 9.43. The van der Waals surface area contributed by atoms with Crippen molar-refractivity contribution < 1.29 is 9.31 Å². The second-order valence-electron chi connectivity index (χ2n) is 4.30. The zero-order chi connectivity index (χ0) is 14.9. The maximum absolute atomic E-state index is 13.7. The van der Waals surface area contributed by atoms with Gasteiger partial charge in [0.1, 0.15) is 11.5 Å². The molecular weight excluding hydrogens is 263 g/mol. The highest BCUT2D eigenvalue weighted by molar-refractivity contribution is 5.72. The van der Waals surface area contributed by atoms with Crippen molar-refractivity contribution >= 4 is 11.6 Å². The van der Waals surface area contributed by atoms with E-state index in [4.69, 9.17) is 0 Å². The summed E-state index contributed by atoms with van der Waals surface area (Å²) in [7, 11) is 1.61. The molecule has 0 amide bonds. The molecule has 0 bridgehead atoms. The van der Waals surface area contributed by atoms with Gasteiger partial charge >= 0.3 is 5.69 Å². The van der Waals surface area contributed by atoms with E-state index in [0.717, 1.165) is 0 Å². The van der Waals surface area contributed by atoms with E-state index in [0.29, 0.717) is 11.1 Å². The Kier molecular flexibility index (Phi) is 3.60. The Bertz CT molecular complexity index is 688. The van der Waals surface area contributed by atoms with Gasteiger partial charge in [0.2, 0.25) is 5.95 Å². The van der Waals surface area contributed by atoms with Crippen molar-refractivity contribution in [2.45, 2.75) is 13.8 Å². The molecule has 20 heavy (non-hydrogen) atoms. The van der Waals surface area contributed by atoms with E-state index in [1.807, 2.05) is 0 Å². The van der Waals surface area contributed by atoms with Gasteiger partial charge in [0.05, 0.1) is 4.92 Å². The molecule has 104 valence electrons. The average molecular weight is 276 g/mol. The highest BCUT2D eigenvalue weighted by atomic mass is 19.1. The lowest BCUT2D eigenvalue weighted by atomic mass is 10.1. The van der Waals surface area contributed by atoms with Crippen molar-refractivity contribution in [2.24, 2.45) is 0 Å². The fourth-order valence-corrected chi connectivity index (χ4v) is 1.84.